The highest BCUT2D eigenvalue weighted by atomic mass is 16.2. The van der Waals surface area contributed by atoms with E-state index in [1.165, 1.54) is 6.08 Å². The highest BCUT2D eigenvalue weighted by Crippen LogP contribution is 2.39. The summed E-state index contributed by atoms with van der Waals surface area (Å²) in [7, 11) is 4.06. The summed E-state index contributed by atoms with van der Waals surface area (Å²) in [6.07, 6.45) is 8.68. The third-order valence-corrected chi connectivity index (χ3v) is 8.16. The van der Waals surface area contributed by atoms with Gasteiger partial charge in [0, 0.05) is 60.0 Å². The highest BCUT2D eigenvalue weighted by molar-refractivity contribution is 6.08. The van der Waals surface area contributed by atoms with Crippen molar-refractivity contribution in [3.8, 4) is 22.4 Å². The monoisotopic (exact) mass is 603 g/mol. The Hall–Kier alpha value is -5.29. The molecule has 1 aliphatic heterocycles. The van der Waals surface area contributed by atoms with Crippen LogP contribution in [0.2, 0.25) is 0 Å². The fourth-order valence-electron chi connectivity index (χ4n) is 5.79. The number of hydrogen-bond acceptors (Lipinski definition) is 7. The second kappa shape index (κ2) is 12.7. The molecule has 6 rings (SSSR count). The van der Waals surface area contributed by atoms with Crippen molar-refractivity contribution in [2.45, 2.75) is 25.4 Å². The van der Waals surface area contributed by atoms with E-state index in [0.29, 0.717) is 30.2 Å². The van der Waals surface area contributed by atoms with Gasteiger partial charge in [-0.25, -0.2) is 4.98 Å². The molecule has 1 saturated heterocycles. The summed E-state index contributed by atoms with van der Waals surface area (Å²) in [6, 6.07) is 16.6. The summed E-state index contributed by atoms with van der Waals surface area (Å²) in [5.41, 5.74) is 11.9. The number of pyridine rings is 1. The lowest BCUT2D eigenvalue weighted by Crippen LogP contribution is -2.40. The molecule has 0 bridgehead atoms. The van der Waals surface area contributed by atoms with E-state index in [0.717, 1.165) is 59.2 Å². The number of piperidine rings is 1. The molecule has 0 aliphatic carbocycles. The molecule has 4 heterocycles. The molecule has 2 aromatic carbocycles. The van der Waals surface area contributed by atoms with Crippen LogP contribution in [0.15, 0.2) is 85.8 Å². The minimum absolute atomic E-state index is 0.0841. The highest BCUT2D eigenvalue weighted by Gasteiger charge is 2.29. The molecule has 1 aliphatic rings. The van der Waals surface area contributed by atoms with Crippen LogP contribution in [0.1, 0.15) is 29.2 Å². The van der Waals surface area contributed by atoms with E-state index in [2.05, 4.69) is 26.9 Å². The van der Waals surface area contributed by atoms with Crippen LogP contribution in [0.4, 0.5) is 11.5 Å². The van der Waals surface area contributed by atoms with Gasteiger partial charge in [-0.1, -0.05) is 36.9 Å². The number of benzene rings is 2. The first-order valence-electron chi connectivity index (χ1n) is 15.0. The van der Waals surface area contributed by atoms with E-state index in [4.69, 9.17) is 10.8 Å². The van der Waals surface area contributed by atoms with Crippen LogP contribution in [-0.2, 0) is 11.3 Å². The molecular weight excluding hydrogens is 566 g/mol. The van der Waals surface area contributed by atoms with Crippen LogP contribution in [-0.4, -0.2) is 79.9 Å². The molecule has 5 aromatic rings. The van der Waals surface area contributed by atoms with E-state index < -0.39 is 0 Å². The van der Waals surface area contributed by atoms with Crippen LogP contribution in [0.3, 0.4) is 0 Å². The number of rotatable bonds is 9. The molecule has 3 N–H and O–H groups in total. The van der Waals surface area contributed by atoms with Gasteiger partial charge in [-0.3, -0.25) is 19.0 Å². The molecule has 0 saturated carbocycles. The Morgan fingerprint density at radius 3 is 2.60 bits per heavy atom. The molecule has 1 fully saturated rings. The number of anilines is 2. The van der Waals surface area contributed by atoms with Crippen LogP contribution < -0.4 is 11.1 Å². The maximum atomic E-state index is 12.9. The summed E-state index contributed by atoms with van der Waals surface area (Å²) in [5.74, 6) is 0.0621. The SMILES string of the molecule is C=CC(=O)N1CCCC(n2nc(-c3ccc(C(=O)Nc4ccccc4)cc3)c3c(N)ncc(-c4cnn(CCN(C)C)c4)c32)C1. The smallest absolute Gasteiger partial charge is 0.255 e. The Kier molecular flexibility index (Phi) is 8.43. The number of fused-ring (bicyclic) bond motifs is 1. The maximum absolute atomic E-state index is 12.9. The number of carbonyl (C=O) groups is 2. The van der Waals surface area contributed by atoms with Crippen molar-refractivity contribution in [2.75, 3.05) is 44.8 Å². The number of nitrogens with zero attached hydrogens (tertiary/aromatic N) is 7. The van der Waals surface area contributed by atoms with Crippen LogP contribution in [0, 0.1) is 0 Å². The van der Waals surface area contributed by atoms with Crippen molar-refractivity contribution in [1.29, 1.82) is 0 Å². The predicted octanol–water partition coefficient (Wildman–Crippen LogP) is 4.71. The zero-order chi connectivity index (χ0) is 31.5. The van der Waals surface area contributed by atoms with E-state index in [1.807, 2.05) is 83.2 Å². The van der Waals surface area contributed by atoms with E-state index in [-0.39, 0.29) is 17.9 Å². The number of likely N-dealkylation sites (tertiary alicyclic amines) is 1. The van der Waals surface area contributed by atoms with Gasteiger partial charge in [-0.2, -0.15) is 10.2 Å². The normalized spacial score (nSPS) is 15.0. The molecular formula is C34H37N9O2. The third-order valence-electron chi connectivity index (χ3n) is 8.16. The fourth-order valence-corrected chi connectivity index (χ4v) is 5.79. The van der Waals surface area contributed by atoms with Crippen molar-refractivity contribution in [2.24, 2.45) is 0 Å². The van der Waals surface area contributed by atoms with E-state index in [1.54, 1.807) is 18.3 Å². The number of nitrogens with two attached hydrogens (primary N) is 1. The van der Waals surface area contributed by atoms with E-state index in [9.17, 15) is 9.59 Å². The minimum atomic E-state index is -0.202. The second-order valence-corrected chi connectivity index (χ2v) is 11.6. The molecule has 11 heteroatoms. The number of para-hydroxylation sites is 1. The fraction of sp³-hybridized carbons (Fsp3) is 0.265. The number of aromatic nitrogens is 5. The van der Waals surface area contributed by atoms with Gasteiger partial charge in [-0.15, -0.1) is 0 Å². The van der Waals surface area contributed by atoms with Crippen molar-refractivity contribution in [1.82, 2.24) is 34.3 Å². The number of carbonyl (C=O) groups excluding carboxylic acids is 2. The van der Waals surface area contributed by atoms with Crippen LogP contribution >= 0.6 is 0 Å². The second-order valence-electron chi connectivity index (χ2n) is 11.6. The largest absolute Gasteiger partial charge is 0.383 e. The third kappa shape index (κ3) is 6.20. The molecule has 1 atom stereocenters. The Labute approximate surface area is 261 Å². The number of likely N-dealkylation sites (N-methyl/N-ethyl adjacent to an activating group) is 1. The van der Waals surface area contributed by atoms with Gasteiger partial charge in [-0.05, 0) is 57.3 Å². The number of nitrogens with one attached hydrogen (secondary N) is 1. The standard InChI is InChI=1S/C34H37N9O2/c1-4-29(44)41-16-8-11-27(22-41)43-32-28(25-19-37-42(21-25)18-17-40(2)3)20-36-33(35)30(32)31(39-43)23-12-14-24(15-13-23)34(45)38-26-9-6-5-7-10-26/h4-7,9-10,12-15,19-21,27H,1,8,11,16-18,22H2,2-3H3,(H2,35,36)(H,38,45). The minimum Gasteiger partial charge on any atom is -0.383 e. The molecule has 45 heavy (non-hydrogen) atoms. The van der Waals surface area contributed by atoms with Crippen LogP contribution in [0.5, 0.6) is 0 Å². The molecule has 0 spiro atoms. The van der Waals surface area contributed by atoms with Gasteiger partial charge < -0.3 is 20.9 Å². The van der Waals surface area contributed by atoms with Gasteiger partial charge in [0.1, 0.15) is 11.5 Å². The Morgan fingerprint density at radius 2 is 1.87 bits per heavy atom. The van der Waals surface area contributed by atoms with Crippen LogP contribution in [0.25, 0.3) is 33.3 Å². The summed E-state index contributed by atoms with van der Waals surface area (Å²) >= 11 is 0. The Balaban J connectivity index is 1.43. The lowest BCUT2D eigenvalue weighted by Gasteiger charge is -2.32. The van der Waals surface area contributed by atoms with Gasteiger partial charge in [0.2, 0.25) is 5.91 Å². The van der Waals surface area contributed by atoms with Crippen molar-refractivity contribution < 1.29 is 9.59 Å². The summed E-state index contributed by atoms with van der Waals surface area (Å²) in [5, 5.41) is 13.4. The lowest BCUT2D eigenvalue weighted by molar-refractivity contribution is -0.127. The zero-order valence-corrected chi connectivity index (χ0v) is 25.6. The Bertz CT molecular complexity index is 1840. The first-order valence-corrected chi connectivity index (χ1v) is 15.0. The first kappa shape index (κ1) is 29.8. The number of nitrogen functional groups attached to an aromatic ring is 1. The summed E-state index contributed by atoms with van der Waals surface area (Å²) < 4.78 is 3.93. The number of hydrogen-bond donors (Lipinski definition) is 2. The summed E-state index contributed by atoms with van der Waals surface area (Å²) in [4.78, 5) is 34.0. The molecule has 2 amide bonds. The van der Waals surface area contributed by atoms with E-state index >= 15 is 0 Å². The molecule has 11 nitrogen and oxygen atoms in total. The molecule has 3 aromatic heterocycles. The quantitative estimate of drug-likeness (QED) is 0.234. The van der Waals surface area contributed by atoms with Gasteiger partial charge in [0.05, 0.1) is 29.7 Å². The summed E-state index contributed by atoms with van der Waals surface area (Å²) in [6.45, 7) is 6.46. The van der Waals surface area contributed by atoms with Crippen molar-refractivity contribution in [3.05, 3.63) is 91.4 Å². The molecule has 0 radical (unpaired) electrons. The lowest BCUT2D eigenvalue weighted by atomic mass is 10.0. The van der Waals surface area contributed by atoms with Gasteiger partial charge in [0.15, 0.2) is 0 Å². The van der Waals surface area contributed by atoms with Crippen molar-refractivity contribution >= 4 is 34.2 Å². The zero-order valence-electron chi connectivity index (χ0n) is 25.6. The maximum Gasteiger partial charge on any atom is 0.255 e. The Morgan fingerprint density at radius 1 is 1.09 bits per heavy atom. The van der Waals surface area contributed by atoms with Gasteiger partial charge >= 0.3 is 0 Å². The molecule has 1 unspecified atom stereocenters. The first-order chi connectivity index (χ1) is 21.8. The van der Waals surface area contributed by atoms with Crippen molar-refractivity contribution in [3.63, 3.8) is 0 Å². The number of amides is 2. The topological polar surface area (TPSA) is 127 Å². The van der Waals surface area contributed by atoms with Gasteiger partial charge in [0.25, 0.3) is 5.91 Å². The average molecular weight is 604 g/mol. The predicted molar refractivity (Wildman–Crippen MR) is 177 cm³/mol. The molecule has 230 valence electrons. The average Bonchev–Trinajstić information content (AvgIpc) is 3.70.